The number of carbonyl (C=O) groups is 2. The van der Waals surface area contributed by atoms with Gasteiger partial charge in [0.1, 0.15) is 0 Å². The van der Waals surface area contributed by atoms with Crippen molar-refractivity contribution in [2.24, 2.45) is 5.41 Å². The van der Waals surface area contributed by atoms with Crippen molar-refractivity contribution >= 4 is 11.8 Å². The normalized spacial score (nSPS) is 20.9. The maximum atomic E-state index is 12.4. The van der Waals surface area contributed by atoms with Gasteiger partial charge < -0.3 is 19.1 Å². The van der Waals surface area contributed by atoms with Gasteiger partial charge in [-0.15, -0.1) is 0 Å². The van der Waals surface area contributed by atoms with E-state index in [2.05, 4.69) is 5.16 Å². The molecular formula is C16H23N3O4. The van der Waals surface area contributed by atoms with Gasteiger partial charge in [-0.05, 0) is 36.8 Å². The lowest BCUT2D eigenvalue weighted by atomic mass is 9.72. The second-order valence-electron chi connectivity index (χ2n) is 6.43. The molecule has 3 heterocycles. The molecule has 0 unspecified atom stereocenters. The third-order valence-corrected chi connectivity index (χ3v) is 5.15. The Labute approximate surface area is 135 Å². The summed E-state index contributed by atoms with van der Waals surface area (Å²) in [4.78, 5) is 28.1. The van der Waals surface area contributed by atoms with E-state index in [1.165, 1.54) is 13.2 Å². The van der Waals surface area contributed by atoms with Crippen LogP contribution in [0.25, 0.3) is 0 Å². The number of aromatic nitrogens is 1. The zero-order chi connectivity index (χ0) is 16.4. The fraction of sp³-hybridized carbons (Fsp3) is 0.688. The van der Waals surface area contributed by atoms with Crippen LogP contribution in [0.15, 0.2) is 10.6 Å². The molecule has 2 aliphatic heterocycles. The lowest BCUT2D eigenvalue weighted by Gasteiger charge is -2.47. The summed E-state index contributed by atoms with van der Waals surface area (Å²) in [6.07, 6.45) is 3.41. The Morgan fingerprint density at radius 1 is 1.39 bits per heavy atom. The molecule has 0 atom stereocenters. The van der Waals surface area contributed by atoms with Crippen LogP contribution in [0.1, 0.15) is 43.2 Å². The SMILES string of the molecule is CCN1CC2(CCC1=O)CCN(C(=O)c1cc(OC)no1)CC2. The summed E-state index contributed by atoms with van der Waals surface area (Å²) in [5, 5.41) is 3.67. The van der Waals surface area contributed by atoms with Gasteiger partial charge >= 0.3 is 0 Å². The fourth-order valence-corrected chi connectivity index (χ4v) is 3.59. The van der Waals surface area contributed by atoms with Crippen molar-refractivity contribution in [1.82, 2.24) is 15.0 Å². The lowest BCUT2D eigenvalue weighted by Crippen LogP contribution is -2.52. The number of hydrogen-bond acceptors (Lipinski definition) is 5. The predicted molar refractivity (Wildman–Crippen MR) is 82.1 cm³/mol. The van der Waals surface area contributed by atoms with Gasteiger partial charge in [0.05, 0.1) is 13.2 Å². The summed E-state index contributed by atoms with van der Waals surface area (Å²) < 4.78 is 9.98. The summed E-state index contributed by atoms with van der Waals surface area (Å²) in [6, 6.07) is 1.52. The van der Waals surface area contributed by atoms with Gasteiger partial charge in [0.2, 0.25) is 11.7 Å². The largest absolute Gasteiger partial charge is 0.479 e. The standard InChI is InChI=1S/C16H23N3O4/c1-3-18-11-16(5-4-14(18)20)6-8-19(9-7-16)15(21)12-10-13(22-2)17-23-12/h10H,3-9,11H2,1-2H3. The highest BCUT2D eigenvalue weighted by Gasteiger charge is 2.41. The summed E-state index contributed by atoms with van der Waals surface area (Å²) >= 11 is 0. The number of hydrogen-bond donors (Lipinski definition) is 0. The third-order valence-electron chi connectivity index (χ3n) is 5.15. The Kier molecular flexibility index (Phi) is 4.28. The Morgan fingerprint density at radius 3 is 2.74 bits per heavy atom. The first kappa shape index (κ1) is 15.8. The van der Waals surface area contributed by atoms with Crippen LogP contribution in [0.2, 0.25) is 0 Å². The van der Waals surface area contributed by atoms with Crippen molar-refractivity contribution in [2.75, 3.05) is 33.3 Å². The van der Waals surface area contributed by atoms with E-state index in [4.69, 9.17) is 9.26 Å². The summed E-state index contributed by atoms with van der Waals surface area (Å²) in [6.45, 7) is 4.98. The minimum Gasteiger partial charge on any atom is -0.479 e. The van der Waals surface area contributed by atoms with Gasteiger partial charge in [-0.2, -0.15) is 0 Å². The molecule has 7 heteroatoms. The molecular weight excluding hydrogens is 298 g/mol. The minimum absolute atomic E-state index is 0.144. The first-order chi connectivity index (χ1) is 11.1. The van der Waals surface area contributed by atoms with Crippen molar-refractivity contribution in [3.8, 4) is 5.88 Å². The van der Waals surface area contributed by atoms with Crippen LogP contribution in [0, 0.1) is 5.41 Å². The summed E-state index contributed by atoms with van der Waals surface area (Å²) in [7, 11) is 1.49. The lowest BCUT2D eigenvalue weighted by molar-refractivity contribution is -0.138. The predicted octanol–water partition coefficient (Wildman–Crippen LogP) is 1.55. The molecule has 2 saturated heterocycles. The van der Waals surface area contributed by atoms with Gasteiger partial charge in [0.25, 0.3) is 11.8 Å². The Bertz CT molecular complexity index is 590. The van der Waals surface area contributed by atoms with Gasteiger partial charge in [-0.25, -0.2) is 0 Å². The molecule has 23 heavy (non-hydrogen) atoms. The molecule has 2 fully saturated rings. The van der Waals surface area contributed by atoms with Crippen LogP contribution < -0.4 is 4.74 Å². The van der Waals surface area contributed by atoms with Crippen molar-refractivity contribution in [3.05, 3.63) is 11.8 Å². The molecule has 0 saturated carbocycles. The molecule has 0 aliphatic carbocycles. The molecule has 2 amide bonds. The van der Waals surface area contributed by atoms with E-state index in [0.717, 1.165) is 32.4 Å². The molecule has 1 aromatic rings. The number of rotatable bonds is 3. The van der Waals surface area contributed by atoms with E-state index in [0.29, 0.717) is 25.4 Å². The first-order valence-corrected chi connectivity index (χ1v) is 8.15. The maximum absolute atomic E-state index is 12.4. The molecule has 0 bridgehead atoms. The number of carbonyl (C=O) groups excluding carboxylic acids is 2. The van der Waals surface area contributed by atoms with Crippen LogP contribution in [0.5, 0.6) is 5.88 Å². The first-order valence-electron chi connectivity index (χ1n) is 8.15. The number of likely N-dealkylation sites (tertiary alicyclic amines) is 2. The van der Waals surface area contributed by atoms with Crippen LogP contribution >= 0.6 is 0 Å². The second-order valence-corrected chi connectivity index (χ2v) is 6.43. The quantitative estimate of drug-likeness (QED) is 0.844. The molecule has 0 aromatic carbocycles. The maximum Gasteiger partial charge on any atom is 0.292 e. The molecule has 1 aromatic heterocycles. The van der Waals surface area contributed by atoms with E-state index in [9.17, 15) is 9.59 Å². The molecule has 0 N–H and O–H groups in total. The monoisotopic (exact) mass is 321 g/mol. The Hall–Kier alpha value is -2.05. The van der Waals surface area contributed by atoms with Gasteiger partial charge in [0, 0.05) is 32.6 Å². The molecule has 7 nitrogen and oxygen atoms in total. The second kappa shape index (κ2) is 6.22. The van der Waals surface area contributed by atoms with Crippen molar-refractivity contribution in [2.45, 2.75) is 32.6 Å². The minimum atomic E-state index is -0.144. The fourth-order valence-electron chi connectivity index (χ4n) is 3.59. The van der Waals surface area contributed by atoms with Crippen LogP contribution in [-0.2, 0) is 4.79 Å². The summed E-state index contributed by atoms with van der Waals surface area (Å²) in [5.74, 6) is 0.637. The zero-order valence-corrected chi connectivity index (χ0v) is 13.7. The van der Waals surface area contributed by atoms with E-state index in [1.807, 2.05) is 11.8 Å². The smallest absolute Gasteiger partial charge is 0.292 e. The van der Waals surface area contributed by atoms with E-state index in [-0.39, 0.29) is 23.0 Å². The topological polar surface area (TPSA) is 75.9 Å². The highest BCUT2D eigenvalue weighted by Crippen LogP contribution is 2.40. The molecule has 2 aliphatic rings. The van der Waals surface area contributed by atoms with E-state index < -0.39 is 0 Å². The highest BCUT2D eigenvalue weighted by atomic mass is 16.5. The zero-order valence-electron chi connectivity index (χ0n) is 13.7. The highest BCUT2D eigenvalue weighted by molar-refractivity contribution is 5.91. The number of ether oxygens (including phenoxy) is 1. The Morgan fingerprint density at radius 2 is 2.13 bits per heavy atom. The van der Waals surface area contributed by atoms with Gasteiger partial charge in [-0.3, -0.25) is 9.59 Å². The van der Waals surface area contributed by atoms with Gasteiger partial charge in [0.15, 0.2) is 0 Å². The average Bonchev–Trinajstić information content (AvgIpc) is 3.06. The summed E-state index contributed by atoms with van der Waals surface area (Å²) in [5.41, 5.74) is 0.166. The van der Waals surface area contributed by atoms with E-state index >= 15 is 0 Å². The average molecular weight is 321 g/mol. The number of nitrogens with zero attached hydrogens (tertiary/aromatic N) is 3. The molecule has 1 spiro atoms. The van der Waals surface area contributed by atoms with Crippen LogP contribution in [0.3, 0.4) is 0 Å². The molecule has 3 rings (SSSR count). The molecule has 126 valence electrons. The van der Waals surface area contributed by atoms with Crippen LogP contribution in [-0.4, -0.2) is 60.1 Å². The van der Waals surface area contributed by atoms with Gasteiger partial charge in [-0.1, -0.05) is 0 Å². The van der Waals surface area contributed by atoms with Crippen LogP contribution in [0.4, 0.5) is 0 Å². The third kappa shape index (κ3) is 3.04. The number of piperidine rings is 2. The molecule has 0 radical (unpaired) electrons. The number of amides is 2. The van der Waals surface area contributed by atoms with E-state index in [1.54, 1.807) is 4.90 Å². The number of methoxy groups -OCH3 is 1. The van der Waals surface area contributed by atoms with Crippen molar-refractivity contribution < 1.29 is 18.8 Å². The van der Waals surface area contributed by atoms with Crippen molar-refractivity contribution in [3.63, 3.8) is 0 Å². The van der Waals surface area contributed by atoms with Crippen molar-refractivity contribution in [1.29, 1.82) is 0 Å². The Balaban J connectivity index is 1.62.